The summed E-state index contributed by atoms with van der Waals surface area (Å²) in [5, 5.41) is 4.74. The minimum absolute atomic E-state index is 0.298. The number of hydrogen-bond donors (Lipinski definition) is 0. The molecule has 0 radical (unpaired) electrons. The molecule has 2 heterocycles. The number of halogens is 1. The lowest BCUT2D eigenvalue weighted by molar-refractivity contribution is 0.532. The lowest BCUT2D eigenvalue weighted by atomic mass is 10.1. The molecule has 0 saturated carbocycles. The van der Waals surface area contributed by atoms with Crippen molar-refractivity contribution in [3.63, 3.8) is 0 Å². The highest BCUT2D eigenvalue weighted by atomic mass is 35.5. The Bertz CT molecular complexity index is 750. The first-order valence-corrected chi connectivity index (χ1v) is 7.16. The van der Waals surface area contributed by atoms with Crippen molar-refractivity contribution in [1.82, 2.24) is 19.7 Å². The van der Waals surface area contributed by atoms with E-state index >= 15 is 0 Å². The number of rotatable bonds is 3. The summed E-state index contributed by atoms with van der Waals surface area (Å²) in [7, 11) is 0. The predicted molar refractivity (Wildman–Crippen MR) is 84.1 cm³/mol. The molecular weight excluding hydrogens is 284 g/mol. The average Bonchev–Trinajstić information content (AvgIpc) is 2.98. The molecule has 2 aromatic heterocycles. The van der Waals surface area contributed by atoms with E-state index in [1.807, 2.05) is 41.2 Å². The van der Waals surface area contributed by atoms with Crippen LogP contribution in [0.15, 0.2) is 48.8 Å². The fourth-order valence-corrected chi connectivity index (χ4v) is 2.22. The van der Waals surface area contributed by atoms with Crippen LogP contribution in [0, 0.1) is 0 Å². The van der Waals surface area contributed by atoms with Crippen molar-refractivity contribution in [3.05, 3.63) is 53.9 Å². The quantitative estimate of drug-likeness (QED) is 0.679. The summed E-state index contributed by atoms with van der Waals surface area (Å²) in [5.41, 5.74) is 2.69. The molecule has 0 atom stereocenters. The van der Waals surface area contributed by atoms with Gasteiger partial charge < -0.3 is 0 Å². The Kier molecular flexibility index (Phi) is 3.71. The normalized spacial score (nSPS) is 11.0. The predicted octanol–water partition coefficient (Wildman–Crippen LogP) is 4.24. The molecule has 0 amide bonds. The maximum Gasteiger partial charge on any atom is 0.164 e. The zero-order valence-electron chi connectivity index (χ0n) is 11.9. The monoisotopic (exact) mass is 298 g/mol. The fourth-order valence-electron chi connectivity index (χ4n) is 2.04. The van der Waals surface area contributed by atoms with Crippen molar-refractivity contribution in [2.75, 3.05) is 0 Å². The summed E-state index contributed by atoms with van der Waals surface area (Å²) in [5.74, 6) is 0.591. The Morgan fingerprint density at radius 1 is 1.05 bits per heavy atom. The van der Waals surface area contributed by atoms with Crippen molar-refractivity contribution in [1.29, 1.82) is 0 Å². The van der Waals surface area contributed by atoms with Crippen LogP contribution in [0.3, 0.4) is 0 Å². The third kappa shape index (κ3) is 2.95. The van der Waals surface area contributed by atoms with Gasteiger partial charge in [0.1, 0.15) is 5.15 Å². The Morgan fingerprint density at radius 3 is 2.48 bits per heavy atom. The van der Waals surface area contributed by atoms with E-state index in [1.165, 1.54) is 0 Å². The summed E-state index contributed by atoms with van der Waals surface area (Å²) in [6.45, 7) is 4.15. The molecule has 0 spiro atoms. The van der Waals surface area contributed by atoms with Crippen molar-refractivity contribution < 1.29 is 0 Å². The molecule has 21 heavy (non-hydrogen) atoms. The Labute approximate surface area is 128 Å². The molecule has 0 aliphatic carbocycles. The molecule has 0 aliphatic rings. The van der Waals surface area contributed by atoms with E-state index in [4.69, 9.17) is 11.6 Å². The van der Waals surface area contributed by atoms with Crippen LogP contribution in [-0.2, 0) is 0 Å². The minimum Gasteiger partial charge on any atom is -0.270 e. The van der Waals surface area contributed by atoms with E-state index in [1.54, 1.807) is 12.3 Å². The maximum absolute atomic E-state index is 6.14. The zero-order valence-corrected chi connectivity index (χ0v) is 12.6. The number of benzene rings is 1. The molecule has 0 aliphatic heterocycles. The summed E-state index contributed by atoms with van der Waals surface area (Å²) < 4.78 is 1.88. The molecule has 5 heteroatoms. The lowest BCUT2D eigenvalue weighted by Crippen LogP contribution is -1.99. The first-order chi connectivity index (χ1) is 10.1. The molecule has 0 N–H and O–H groups in total. The number of hydrogen-bond acceptors (Lipinski definition) is 3. The molecule has 1 aromatic carbocycles. The molecule has 0 bridgehead atoms. The summed E-state index contributed by atoms with van der Waals surface area (Å²) in [6, 6.07) is 12.0. The van der Waals surface area contributed by atoms with E-state index in [9.17, 15) is 0 Å². The van der Waals surface area contributed by atoms with Crippen LogP contribution in [0.4, 0.5) is 0 Å². The first kappa shape index (κ1) is 13.8. The second-order valence-corrected chi connectivity index (χ2v) is 5.46. The van der Waals surface area contributed by atoms with Crippen LogP contribution in [0.1, 0.15) is 19.9 Å². The van der Waals surface area contributed by atoms with E-state index in [0.717, 1.165) is 16.8 Å². The van der Waals surface area contributed by atoms with Crippen LogP contribution in [0.25, 0.3) is 22.6 Å². The number of nitrogens with zero attached hydrogens (tertiary/aromatic N) is 4. The molecule has 3 aromatic rings. The van der Waals surface area contributed by atoms with Gasteiger partial charge in [-0.1, -0.05) is 41.9 Å². The van der Waals surface area contributed by atoms with Crippen LogP contribution in [0.2, 0.25) is 5.15 Å². The smallest absolute Gasteiger partial charge is 0.164 e. The molecule has 4 nitrogen and oxygen atoms in total. The Morgan fingerprint density at radius 2 is 1.81 bits per heavy atom. The largest absolute Gasteiger partial charge is 0.270 e. The van der Waals surface area contributed by atoms with Crippen molar-refractivity contribution >= 4 is 11.6 Å². The zero-order chi connectivity index (χ0) is 14.8. The minimum atomic E-state index is 0.298. The maximum atomic E-state index is 6.14. The van der Waals surface area contributed by atoms with Gasteiger partial charge in [-0.3, -0.25) is 4.68 Å². The molecule has 0 unspecified atom stereocenters. The summed E-state index contributed by atoms with van der Waals surface area (Å²) >= 11 is 6.14. The van der Waals surface area contributed by atoms with Crippen molar-refractivity contribution in [2.45, 2.75) is 19.9 Å². The Balaban J connectivity index is 2.05. The average molecular weight is 299 g/mol. The van der Waals surface area contributed by atoms with E-state index in [2.05, 4.69) is 28.9 Å². The number of aromatic nitrogens is 4. The highest BCUT2D eigenvalue weighted by Crippen LogP contribution is 2.24. The molecule has 0 fully saturated rings. The third-order valence-corrected chi connectivity index (χ3v) is 3.35. The van der Waals surface area contributed by atoms with Gasteiger partial charge in [0, 0.05) is 23.9 Å². The molecule has 0 saturated heterocycles. The van der Waals surface area contributed by atoms with E-state index in [-0.39, 0.29) is 0 Å². The van der Waals surface area contributed by atoms with Gasteiger partial charge in [0.05, 0.1) is 17.5 Å². The van der Waals surface area contributed by atoms with Gasteiger partial charge in [-0.05, 0) is 13.8 Å². The summed E-state index contributed by atoms with van der Waals surface area (Å²) in [6.07, 6.45) is 3.70. The van der Waals surface area contributed by atoms with Gasteiger partial charge in [0.15, 0.2) is 5.82 Å². The highest BCUT2D eigenvalue weighted by Gasteiger charge is 2.10. The van der Waals surface area contributed by atoms with Crippen LogP contribution < -0.4 is 0 Å². The molecular formula is C16H15ClN4. The fraction of sp³-hybridized carbons (Fsp3) is 0.188. The SMILES string of the molecule is CC(C)n1cc(-c2nc(Cl)cc(-c3ccccc3)n2)cn1. The van der Waals surface area contributed by atoms with Crippen LogP contribution in [-0.4, -0.2) is 19.7 Å². The summed E-state index contributed by atoms with van der Waals surface area (Å²) in [4.78, 5) is 8.90. The second-order valence-electron chi connectivity index (χ2n) is 5.07. The van der Waals surface area contributed by atoms with Gasteiger partial charge in [-0.2, -0.15) is 5.10 Å². The van der Waals surface area contributed by atoms with Crippen LogP contribution >= 0.6 is 11.6 Å². The van der Waals surface area contributed by atoms with Gasteiger partial charge in [0.2, 0.25) is 0 Å². The van der Waals surface area contributed by atoms with Crippen molar-refractivity contribution in [2.24, 2.45) is 0 Å². The van der Waals surface area contributed by atoms with Crippen LogP contribution in [0.5, 0.6) is 0 Å². The van der Waals surface area contributed by atoms with E-state index < -0.39 is 0 Å². The second kappa shape index (κ2) is 5.66. The van der Waals surface area contributed by atoms with Gasteiger partial charge >= 0.3 is 0 Å². The molecule has 106 valence electrons. The Hall–Kier alpha value is -2.20. The van der Waals surface area contributed by atoms with Gasteiger partial charge in [-0.25, -0.2) is 9.97 Å². The highest BCUT2D eigenvalue weighted by molar-refractivity contribution is 6.29. The third-order valence-electron chi connectivity index (χ3n) is 3.15. The lowest BCUT2D eigenvalue weighted by Gasteiger charge is -2.05. The first-order valence-electron chi connectivity index (χ1n) is 6.78. The standard InChI is InChI=1S/C16H15ClN4/c1-11(2)21-10-13(9-18-21)16-19-14(8-15(17)20-16)12-6-4-3-5-7-12/h3-11H,1-2H3. The van der Waals surface area contributed by atoms with Gasteiger partial charge in [-0.15, -0.1) is 0 Å². The van der Waals surface area contributed by atoms with Crippen molar-refractivity contribution in [3.8, 4) is 22.6 Å². The van der Waals surface area contributed by atoms with Gasteiger partial charge in [0.25, 0.3) is 0 Å². The molecule has 3 rings (SSSR count). The topological polar surface area (TPSA) is 43.6 Å². The van der Waals surface area contributed by atoms with E-state index in [0.29, 0.717) is 17.0 Å².